The molecule has 0 aliphatic rings. The predicted octanol–water partition coefficient (Wildman–Crippen LogP) is 5.28. The maximum Gasteiger partial charge on any atom is 0.179 e. The summed E-state index contributed by atoms with van der Waals surface area (Å²) in [6.45, 7) is 4.00. The molecular formula is C9H10ClI2NO. The van der Waals surface area contributed by atoms with Crippen LogP contribution in [0.1, 0.15) is 13.8 Å². The Balaban J connectivity index is 0.000000379. The molecule has 78 valence electrons. The predicted molar refractivity (Wildman–Crippen MR) is 78.4 cm³/mol. The summed E-state index contributed by atoms with van der Waals surface area (Å²) in [4.78, 5) is 0. The molecule has 0 fully saturated rings. The number of benzene rings is 1. The molecule has 0 saturated carbocycles. The fourth-order valence-corrected chi connectivity index (χ4v) is 1.05. The number of hydrogen-bond acceptors (Lipinski definition) is 2. The topological polar surface area (TPSA) is 26.0 Å². The summed E-state index contributed by atoms with van der Waals surface area (Å²) in [6.07, 6.45) is 0. The fourth-order valence-electron chi connectivity index (χ4n) is 0.855. The molecule has 0 amide bonds. The quantitative estimate of drug-likeness (QED) is 0.525. The summed E-state index contributed by atoms with van der Waals surface area (Å²) in [7, 11) is 0. The maximum absolute atomic E-state index is 5.67. The number of nitrogens with zero attached hydrogens (tertiary/aromatic N) is 1. The molecule has 2 aromatic rings. The number of para-hydroxylation sites is 1. The van der Waals surface area contributed by atoms with Gasteiger partial charge in [0, 0.05) is 37.2 Å². The van der Waals surface area contributed by atoms with E-state index in [0.29, 0.717) is 5.15 Å². The lowest BCUT2D eigenvalue weighted by atomic mass is 10.3. The van der Waals surface area contributed by atoms with Gasteiger partial charge >= 0.3 is 0 Å². The van der Waals surface area contributed by atoms with Crippen molar-refractivity contribution < 1.29 is 4.52 Å². The zero-order valence-electron chi connectivity index (χ0n) is 7.80. The minimum absolute atomic E-state index is 0.426. The van der Waals surface area contributed by atoms with Gasteiger partial charge in [0.1, 0.15) is 0 Å². The first-order chi connectivity index (χ1) is 6.88. The van der Waals surface area contributed by atoms with E-state index in [0.717, 1.165) is 11.0 Å². The van der Waals surface area contributed by atoms with E-state index in [1.54, 1.807) is 0 Å². The highest BCUT2D eigenvalue weighted by molar-refractivity contribution is 15.0. The highest BCUT2D eigenvalue weighted by Crippen LogP contribution is 2.21. The van der Waals surface area contributed by atoms with Gasteiger partial charge in [0.2, 0.25) is 0 Å². The van der Waals surface area contributed by atoms with Crippen LogP contribution in [0.4, 0.5) is 0 Å². The minimum atomic E-state index is 0.426. The number of fused-ring (bicyclic) bond motifs is 1. The highest BCUT2D eigenvalue weighted by atomic mass is 128. The van der Waals surface area contributed by atoms with Gasteiger partial charge in [-0.2, -0.15) is 0 Å². The molecule has 0 bridgehead atoms. The van der Waals surface area contributed by atoms with Gasteiger partial charge in [-0.1, -0.05) is 42.7 Å². The van der Waals surface area contributed by atoms with Crippen molar-refractivity contribution in [3.63, 3.8) is 0 Å². The SMILES string of the molecule is CC.Clc1noc2ccccc12.II. The second-order valence-electron chi connectivity index (χ2n) is 1.97. The third-order valence-electron chi connectivity index (χ3n) is 1.33. The molecule has 0 saturated heterocycles. The number of halogens is 3. The fraction of sp³-hybridized carbons (Fsp3) is 0.222. The van der Waals surface area contributed by atoms with E-state index in [9.17, 15) is 0 Å². The molecule has 0 spiro atoms. The van der Waals surface area contributed by atoms with Crippen molar-refractivity contribution in [2.45, 2.75) is 13.8 Å². The number of aromatic nitrogens is 1. The molecule has 0 unspecified atom stereocenters. The van der Waals surface area contributed by atoms with Crippen molar-refractivity contribution in [1.82, 2.24) is 5.16 Å². The lowest BCUT2D eigenvalue weighted by Gasteiger charge is -1.80. The van der Waals surface area contributed by atoms with Crippen LogP contribution >= 0.6 is 48.8 Å². The molecule has 14 heavy (non-hydrogen) atoms. The second kappa shape index (κ2) is 8.72. The van der Waals surface area contributed by atoms with Gasteiger partial charge in [0.05, 0.1) is 5.39 Å². The van der Waals surface area contributed by atoms with Crippen molar-refractivity contribution in [1.29, 1.82) is 0 Å². The summed E-state index contributed by atoms with van der Waals surface area (Å²) in [5, 5.41) is 4.88. The molecule has 0 N–H and O–H groups in total. The molecule has 0 atom stereocenters. The Morgan fingerprint density at radius 1 is 1.21 bits per heavy atom. The average Bonchev–Trinajstić information content (AvgIpc) is 2.67. The van der Waals surface area contributed by atoms with Crippen molar-refractivity contribution in [2.75, 3.05) is 0 Å². The van der Waals surface area contributed by atoms with E-state index in [1.807, 2.05) is 38.1 Å². The normalized spacial score (nSPS) is 8.36. The van der Waals surface area contributed by atoms with E-state index < -0.39 is 0 Å². The first-order valence-corrected chi connectivity index (χ1v) is 10.7. The lowest BCUT2D eigenvalue weighted by Crippen LogP contribution is -1.60. The van der Waals surface area contributed by atoms with Gasteiger partial charge in [-0.3, -0.25) is 0 Å². The standard InChI is InChI=1S/C7H4ClNO.C2H6.I2/c8-7-5-3-1-2-4-6(5)10-9-7;2*1-2/h1-4H;1-2H3;. The van der Waals surface area contributed by atoms with Crippen LogP contribution in [0, 0.1) is 0 Å². The van der Waals surface area contributed by atoms with Crippen LogP contribution < -0.4 is 0 Å². The molecule has 1 aromatic heterocycles. The molecular weight excluding hydrogens is 427 g/mol. The first kappa shape index (κ1) is 14.4. The first-order valence-electron chi connectivity index (χ1n) is 4.02. The Hall–Kier alpha value is 0.440. The molecule has 1 aromatic carbocycles. The summed E-state index contributed by atoms with van der Waals surface area (Å²) < 4.78 is 4.87. The van der Waals surface area contributed by atoms with E-state index in [1.165, 1.54) is 0 Å². The zero-order valence-corrected chi connectivity index (χ0v) is 12.9. The van der Waals surface area contributed by atoms with Gasteiger partial charge in [0.15, 0.2) is 10.7 Å². The van der Waals surface area contributed by atoms with Gasteiger partial charge < -0.3 is 4.52 Å². The molecule has 0 radical (unpaired) electrons. The van der Waals surface area contributed by atoms with Gasteiger partial charge in [0.25, 0.3) is 0 Å². The average molecular weight is 437 g/mol. The lowest BCUT2D eigenvalue weighted by molar-refractivity contribution is 0.457. The largest absolute Gasteiger partial charge is 0.355 e. The molecule has 1 heterocycles. The summed E-state index contributed by atoms with van der Waals surface area (Å²) in [5.41, 5.74) is 0.729. The molecule has 5 heteroatoms. The Kier molecular flexibility index (Phi) is 9.00. The Morgan fingerprint density at radius 3 is 2.36 bits per heavy atom. The maximum atomic E-state index is 5.67. The highest BCUT2D eigenvalue weighted by Gasteiger charge is 2.01. The van der Waals surface area contributed by atoms with Crippen LogP contribution in [0.25, 0.3) is 11.0 Å². The number of hydrogen-bond donors (Lipinski definition) is 0. The van der Waals surface area contributed by atoms with Crippen LogP contribution in [-0.2, 0) is 0 Å². The monoisotopic (exact) mass is 437 g/mol. The zero-order chi connectivity index (χ0) is 11.0. The Morgan fingerprint density at radius 2 is 1.79 bits per heavy atom. The minimum Gasteiger partial charge on any atom is -0.355 e. The van der Waals surface area contributed by atoms with Crippen molar-refractivity contribution >= 4 is 59.8 Å². The Labute approximate surface area is 112 Å². The van der Waals surface area contributed by atoms with Crippen LogP contribution in [0.3, 0.4) is 0 Å². The Bertz CT molecular complexity index is 364. The third-order valence-corrected chi connectivity index (χ3v) is 1.61. The van der Waals surface area contributed by atoms with E-state index >= 15 is 0 Å². The van der Waals surface area contributed by atoms with E-state index in [4.69, 9.17) is 16.1 Å². The van der Waals surface area contributed by atoms with Crippen LogP contribution in [-0.4, -0.2) is 5.16 Å². The van der Waals surface area contributed by atoms with Gasteiger partial charge in [-0.15, -0.1) is 0 Å². The van der Waals surface area contributed by atoms with Gasteiger partial charge in [-0.25, -0.2) is 0 Å². The van der Waals surface area contributed by atoms with Crippen molar-refractivity contribution in [3.05, 3.63) is 29.4 Å². The van der Waals surface area contributed by atoms with Crippen LogP contribution in [0.15, 0.2) is 28.8 Å². The molecule has 0 aliphatic heterocycles. The third kappa shape index (κ3) is 3.90. The van der Waals surface area contributed by atoms with Gasteiger partial charge in [-0.05, 0) is 12.1 Å². The van der Waals surface area contributed by atoms with E-state index in [-0.39, 0.29) is 0 Å². The summed E-state index contributed by atoms with van der Waals surface area (Å²) >= 11 is 9.91. The van der Waals surface area contributed by atoms with E-state index in [2.05, 4.69) is 42.4 Å². The summed E-state index contributed by atoms with van der Waals surface area (Å²) in [5.74, 6) is 0. The molecule has 2 nitrogen and oxygen atoms in total. The molecule has 2 rings (SSSR count). The smallest absolute Gasteiger partial charge is 0.179 e. The van der Waals surface area contributed by atoms with Crippen LogP contribution in [0.2, 0.25) is 5.15 Å². The number of rotatable bonds is 0. The summed E-state index contributed by atoms with van der Waals surface area (Å²) in [6, 6.07) is 7.47. The van der Waals surface area contributed by atoms with Crippen molar-refractivity contribution in [2.24, 2.45) is 0 Å². The second-order valence-corrected chi connectivity index (χ2v) is 2.33. The van der Waals surface area contributed by atoms with Crippen LogP contribution in [0.5, 0.6) is 0 Å². The van der Waals surface area contributed by atoms with Crippen molar-refractivity contribution in [3.8, 4) is 0 Å². The molecule has 0 aliphatic carbocycles.